The first-order valence-electron chi connectivity index (χ1n) is 5.63. The van der Waals surface area contributed by atoms with E-state index < -0.39 is 0 Å². The molecule has 0 aliphatic carbocycles. The van der Waals surface area contributed by atoms with Crippen LogP contribution in [-0.4, -0.2) is 26.3 Å². The average Bonchev–Trinajstić information content (AvgIpc) is 2.59. The lowest BCUT2D eigenvalue weighted by molar-refractivity contribution is 0.546. The van der Waals surface area contributed by atoms with E-state index in [1.165, 1.54) is 11.3 Å². The Morgan fingerprint density at radius 1 is 1.12 bits per heavy atom. The Hall–Kier alpha value is -1.10. The van der Waals surface area contributed by atoms with Crippen molar-refractivity contribution in [2.24, 2.45) is 5.73 Å². The maximum atomic E-state index is 6.02. The molecule has 88 valence electrons. The molecule has 0 amide bonds. The molecule has 0 radical (unpaired) electrons. The van der Waals surface area contributed by atoms with E-state index in [2.05, 4.69) is 46.9 Å². The topological polar surface area (TPSA) is 53.3 Å². The van der Waals surface area contributed by atoms with E-state index in [0.29, 0.717) is 12.0 Å². The highest BCUT2D eigenvalue weighted by molar-refractivity contribution is 5.47. The molecule has 1 heterocycles. The van der Waals surface area contributed by atoms with E-state index in [0.717, 1.165) is 0 Å². The zero-order chi connectivity index (χ0) is 11.7. The number of nitrogens with two attached hydrogens (primary N) is 1. The smallest absolute Gasteiger partial charge is 0.0764 e. The number of anilines is 1. The number of nitrogens with zero attached hydrogens (tertiary/aromatic N) is 1. The maximum absolute atomic E-state index is 6.02. The summed E-state index contributed by atoms with van der Waals surface area (Å²) in [6.45, 7) is 2.14. The van der Waals surface area contributed by atoms with Crippen molar-refractivity contribution in [3.05, 3.63) is 29.8 Å². The highest BCUT2D eigenvalue weighted by Crippen LogP contribution is 2.26. The fraction of sp³-hybridized carbons (Fsp3) is 0.500. The van der Waals surface area contributed by atoms with Gasteiger partial charge in [0.1, 0.15) is 0 Å². The Labute approximate surface area is 96.8 Å². The Bertz CT molecular complexity index is 337. The Morgan fingerprint density at radius 3 is 2.19 bits per heavy atom. The minimum atomic E-state index is -0.0137. The maximum Gasteiger partial charge on any atom is 0.0764 e. The Balaban J connectivity index is 2.21. The summed E-state index contributed by atoms with van der Waals surface area (Å²) in [4.78, 5) is 2.10. The van der Waals surface area contributed by atoms with E-state index in [9.17, 15) is 0 Å². The zero-order valence-electron chi connectivity index (χ0n) is 10.1. The molecule has 0 aromatic heterocycles. The van der Waals surface area contributed by atoms with Crippen LogP contribution < -0.4 is 21.5 Å². The van der Waals surface area contributed by atoms with Gasteiger partial charge in [-0.05, 0) is 24.6 Å². The average molecular weight is 220 g/mol. The fourth-order valence-electron chi connectivity index (χ4n) is 2.21. The molecule has 4 heteroatoms. The van der Waals surface area contributed by atoms with Gasteiger partial charge in [-0.15, -0.1) is 0 Å². The number of hydrazine groups is 1. The molecule has 1 saturated heterocycles. The van der Waals surface area contributed by atoms with Crippen LogP contribution in [0, 0.1) is 0 Å². The molecule has 0 spiro atoms. The summed E-state index contributed by atoms with van der Waals surface area (Å²) >= 11 is 0. The quantitative estimate of drug-likeness (QED) is 0.684. The van der Waals surface area contributed by atoms with Gasteiger partial charge in [0.15, 0.2) is 0 Å². The SMILES string of the molecule is CC1NNC(N)C1c1ccc(N(C)C)cc1. The monoisotopic (exact) mass is 220 g/mol. The second-order valence-electron chi connectivity index (χ2n) is 4.61. The van der Waals surface area contributed by atoms with Gasteiger partial charge < -0.3 is 10.6 Å². The van der Waals surface area contributed by atoms with Crippen molar-refractivity contribution in [2.45, 2.75) is 25.0 Å². The van der Waals surface area contributed by atoms with Gasteiger partial charge in [-0.1, -0.05) is 12.1 Å². The van der Waals surface area contributed by atoms with Crippen molar-refractivity contribution in [1.82, 2.24) is 10.9 Å². The molecule has 3 unspecified atom stereocenters. The lowest BCUT2D eigenvalue weighted by atomic mass is 9.92. The van der Waals surface area contributed by atoms with Gasteiger partial charge in [0.2, 0.25) is 0 Å². The molecule has 16 heavy (non-hydrogen) atoms. The second kappa shape index (κ2) is 4.41. The summed E-state index contributed by atoms with van der Waals surface area (Å²) in [5.74, 6) is 0.330. The molecule has 2 rings (SSSR count). The van der Waals surface area contributed by atoms with E-state index in [1.807, 2.05) is 14.1 Å². The van der Waals surface area contributed by atoms with E-state index >= 15 is 0 Å². The van der Waals surface area contributed by atoms with Crippen LogP contribution >= 0.6 is 0 Å². The van der Waals surface area contributed by atoms with Gasteiger partial charge in [0.25, 0.3) is 0 Å². The minimum absolute atomic E-state index is 0.0137. The van der Waals surface area contributed by atoms with Crippen LogP contribution in [0.4, 0.5) is 5.69 Å². The molecule has 1 aromatic carbocycles. The van der Waals surface area contributed by atoms with Gasteiger partial charge in [0.05, 0.1) is 6.17 Å². The van der Waals surface area contributed by atoms with Crippen LogP contribution in [0.2, 0.25) is 0 Å². The molecule has 3 atom stereocenters. The third kappa shape index (κ3) is 2.04. The van der Waals surface area contributed by atoms with Crippen molar-refractivity contribution in [2.75, 3.05) is 19.0 Å². The molecular weight excluding hydrogens is 200 g/mol. The first kappa shape index (κ1) is 11.4. The summed E-state index contributed by atoms with van der Waals surface area (Å²) in [5, 5.41) is 0. The molecular formula is C12H20N4. The molecule has 1 fully saturated rings. The van der Waals surface area contributed by atoms with Crippen molar-refractivity contribution in [3.8, 4) is 0 Å². The molecule has 0 saturated carbocycles. The predicted octanol–water partition coefficient (Wildman–Crippen LogP) is 0.617. The van der Waals surface area contributed by atoms with Gasteiger partial charge in [0, 0.05) is 31.7 Å². The molecule has 0 bridgehead atoms. The van der Waals surface area contributed by atoms with Gasteiger partial charge >= 0.3 is 0 Å². The predicted molar refractivity (Wildman–Crippen MR) is 67.2 cm³/mol. The van der Waals surface area contributed by atoms with E-state index in [1.54, 1.807) is 0 Å². The molecule has 1 aromatic rings. The number of benzene rings is 1. The summed E-state index contributed by atoms with van der Waals surface area (Å²) < 4.78 is 0. The first-order chi connectivity index (χ1) is 7.59. The Morgan fingerprint density at radius 2 is 1.75 bits per heavy atom. The molecule has 4 nitrogen and oxygen atoms in total. The van der Waals surface area contributed by atoms with Gasteiger partial charge in [-0.25, -0.2) is 5.43 Å². The zero-order valence-corrected chi connectivity index (χ0v) is 10.1. The normalized spacial score (nSPS) is 29.4. The van der Waals surface area contributed by atoms with Crippen molar-refractivity contribution >= 4 is 5.69 Å². The summed E-state index contributed by atoms with van der Waals surface area (Å²) in [5.41, 5.74) is 14.8. The van der Waals surface area contributed by atoms with Crippen LogP contribution in [0.15, 0.2) is 24.3 Å². The molecule has 4 N–H and O–H groups in total. The highest BCUT2D eigenvalue weighted by atomic mass is 15.4. The van der Waals surface area contributed by atoms with Crippen LogP contribution in [0.25, 0.3) is 0 Å². The van der Waals surface area contributed by atoms with Crippen LogP contribution in [0.1, 0.15) is 18.4 Å². The van der Waals surface area contributed by atoms with E-state index in [-0.39, 0.29) is 6.17 Å². The molecule has 1 aliphatic rings. The van der Waals surface area contributed by atoms with Crippen molar-refractivity contribution < 1.29 is 0 Å². The fourth-order valence-corrected chi connectivity index (χ4v) is 2.21. The van der Waals surface area contributed by atoms with Crippen molar-refractivity contribution in [1.29, 1.82) is 0 Å². The lowest BCUT2D eigenvalue weighted by Crippen LogP contribution is -2.38. The lowest BCUT2D eigenvalue weighted by Gasteiger charge is -2.19. The first-order valence-corrected chi connectivity index (χ1v) is 5.63. The number of hydrogen-bond donors (Lipinski definition) is 3. The number of hydrogen-bond acceptors (Lipinski definition) is 4. The summed E-state index contributed by atoms with van der Waals surface area (Å²) in [7, 11) is 4.09. The highest BCUT2D eigenvalue weighted by Gasteiger charge is 2.31. The van der Waals surface area contributed by atoms with Gasteiger partial charge in [-0.2, -0.15) is 0 Å². The second-order valence-corrected chi connectivity index (χ2v) is 4.61. The van der Waals surface area contributed by atoms with Crippen LogP contribution in [0.5, 0.6) is 0 Å². The summed E-state index contributed by atoms with van der Waals surface area (Å²) in [6, 6.07) is 8.94. The van der Waals surface area contributed by atoms with Crippen LogP contribution in [0.3, 0.4) is 0 Å². The standard InChI is InChI=1S/C12H20N4/c1-8-11(12(13)15-14-8)9-4-6-10(7-5-9)16(2)3/h4-8,11-12,14-15H,13H2,1-3H3. The van der Waals surface area contributed by atoms with E-state index in [4.69, 9.17) is 5.73 Å². The number of rotatable bonds is 2. The summed E-state index contributed by atoms with van der Waals surface area (Å²) in [6.07, 6.45) is -0.0137. The largest absolute Gasteiger partial charge is 0.378 e. The van der Waals surface area contributed by atoms with Crippen molar-refractivity contribution in [3.63, 3.8) is 0 Å². The molecule has 1 aliphatic heterocycles. The number of nitrogens with one attached hydrogen (secondary N) is 2. The van der Waals surface area contributed by atoms with Crippen LogP contribution in [-0.2, 0) is 0 Å². The van der Waals surface area contributed by atoms with Gasteiger partial charge in [-0.3, -0.25) is 5.43 Å². The minimum Gasteiger partial charge on any atom is -0.378 e. The Kier molecular flexibility index (Phi) is 3.14. The third-order valence-corrected chi connectivity index (χ3v) is 3.20. The third-order valence-electron chi connectivity index (χ3n) is 3.20.